The highest BCUT2D eigenvalue weighted by Crippen LogP contribution is 2.28. The second-order valence-corrected chi connectivity index (χ2v) is 5.66. The van der Waals surface area contributed by atoms with E-state index in [4.69, 9.17) is 4.74 Å². The summed E-state index contributed by atoms with van der Waals surface area (Å²) in [5.74, 6) is 0.858. The van der Waals surface area contributed by atoms with Gasteiger partial charge < -0.3 is 10.1 Å². The number of thiol groups is 1. The predicted molar refractivity (Wildman–Crippen MR) is 77.8 cm³/mol. The van der Waals surface area contributed by atoms with Crippen molar-refractivity contribution in [3.63, 3.8) is 0 Å². The van der Waals surface area contributed by atoms with Gasteiger partial charge in [0.15, 0.2) is 0 Å². The molecular formula is C14H21NO2S. The average molecular weight is 267 g/mol. The van der Waals surface area contributed by atoms with Crippen molar-refractivity contribution in [2.24, 2.45) is 0 Å². The zero-order valence-corrected chi connectivity index (χ0v) is 12.3. The van der Waals surface area contributed by atoms with Crippen LogP contribution < -0.4 is 10.1 Å². The lowest BCUT2D eigenvalue weighted by atomic mass is 9.85. The molecule has 0 radical (unpaired) electrons. The lowest BCUT2D eigenvalue weighted by Crippen LogP contribution is -2.20. The second kappa shape index (κ2) is 6.14. The molecule has 0 aliphatic carbocycles. The molecular weight excluding hydrogens is 246 g/mol. The van der Waals surface area contributed by atoms with Crippen LogP contribution in [-0.4, -0.2) is 18.9 Å². The van der Waals surface area contributed by atoms with Crippen LogP contribution in [0, 0.1) is 0 Å². The van der Waals surface area contributed by atoms with Crippen LogP contribution in [0.25, 0.3) is 0 Å². The van der Waals surface area contributed by atoms with Crippen molar-refractivity contribution < 1.29 is 9.53 Å². The summed E-state index contributed by atoms with van der Waals surface area (Å²) >= 11 is 3.68. The van der Waals surface area contributed by atoms with E-state index in [0.29, 0.717) is 6.54 Å². The minimum atomic E-state index is -0.305. The maximum absolute atomic E-state index is 10.7. The summed E-state index contributed by atoms with van der Waals surface area (Å²) in [5.41, 5.74) is 2.47. The van der Waals surface area contributed by atoms with E-state index in [9.17, 15) is 4.79 Å². The topological polar surface area (TPSA) is 38.3 Å². The molecule has 0 saturated heterocycles. The summed E-state index contributed by atoms with van der Waals surface area (Å²) < 4.78 is 5.34. The molecule has 1 N–H and O–H groups in total. The number of benzene rings is 1. The van der Waals surface area contributed by atoms with E-state index in [1.54, 1.807) is 7.11 Å². The lowest BCUT2D eigenvalue weighted by molar-refractivity contribution is 0.261. The maximum atomic E-state index is 10.7. The molecule has 0 spiro atoms. The number of hydrogen-bond donors (Lipinski definition) is 2. The summed E-state index contributed by atoms with van der Waals surface area (Å²) in [5, 5.41) is 2.37. The van der Waals surface area contributed by atoms with Gasteiger partial charge in [0.05, 0.1) is 7.11 Å². The third-order valence-corrected chi connectivity index (χ3v) is 2.98. The fourth-order valence-electron chi connectivity index (χ4n) is 1.74. The van der Waals surface area contributed by atoms with Gasteiger partial charge in [-0.1, -0.05) is 45.5 Å². The Morgan fingerprint density at radius 1 is 1.39 bits per heavy atom. The van der Waals surface area contributed by atoms with Gasteiger partial charge in [0.2, 0.25) is 0 Å². The van der Waals surface area contributed by atoms with Gasteiger partial charge in [0.1, 0.15) is 5.75 Å². The largest absolute Gasteiger partial charge is 0.496 e. The van der Waals surface area contributed by atoms with E-state index in [1.807, 2.05) is 6.07 Å². The van der Waals surface area contributed by atoms with Crippen molar-refractivity contribution in [2.75, 3.05) is 13.7 Å². The lowest BCUT2D eigenvalue weighted by Gasteiger charge is -2.21. The average Bonchev–Trinajstić information content (AvgIpc) is 2.27. The minimum Gasteiger partial charge on any atom is -0.496 e. The third-order valence-electron chi connectivity index (χ3n) is 2.82. The molecule has 1 rings (SSSR count). The summed E-state index contributed by atoms with van der Waals surface area (Å²) in [6.07, 6.45) is 0.736. The first-order valence-electron chi connectivity index (χ1n) is 5.99. The number of rotatable bonds is 4. The molecule has 0 aromatic heterocycles. The van der Waals surface area contributed by atoms with Crippen molar-refractivity contribution in [3.8, 4) is 5.75 Å². The maximum Gasteiger partial charge on any atom is 0.275 e. The monoisotopic (exact) mass is 267 g/mol. The van der Waals surface area contributed by atoms with E-state index >= 15 is 0 Å². The molecule has 1 aromatic rings. The van der Waals surface area contributed by atoms with Gasteiger partial charge in [-0.25, -0.2) is 0 Å². The molecule has 4 heteroatoms. The van der Waals surface area contributed by atoms with Crippen molar-refractivity contribution >= 4 is 17.9 Å². The van der Waals surface area contributed by atoms with Crippen molar-refractivity contribution in [2.45, 2.75) is 32.6 Å². The van der Waals surface area contributed by atoms with Gasteiger partial charge in [-0.15, -0.1) is 0 Å². The first kappa shape index (κ1) is 14.9. The van der Waals surface area contributed by atoms with Crippen LogP contribution in [0.5, 0.6) is 5.75 Å². The van der Waals surface area contributed by atoms with Crippen LogP contribution in [0.15, 0.2) is 18.2 Å². The molecule has 0 bridgehead atoms. The molecule has 0 heterocycles. The molecule has 3 nitrogen and oxygen atoms in total. The number of carbonyl (C=O) groups excluding carboxylic acids is 1. The Bertz CT molecular complexity index is 424. The Kier molecular flexibility index (Phi) is 5.08. The third kappa shape index (κ3) is 4.26. The zero-order valence-electron chi connectivity index (χ0n) is 11.4. The quantitative estimate of drug-likeness (QED) is 0.822. The number of ether oxygens (including phenoxy) is 1. The second-order valence-electron chi connectivity index (χ2n) is 5.26. The molecule has 18 heavy (non-hydrogen) atoms. The van der Waals surface area contributed by atoms with Crippen molar-refractivity contribution in [1.29, 1.82) is 0 Å². The van der Waals surface area contributed by atoms with E-state index in [-0.39, 0.29) is 10.7 Å². The number of amides is 1. The van der Waals surface area contributed by atoms with Gasteiger partial charge in [0, 0.05) is 6.54 Å². The van der Waals surface area contributed by atoms with Crippen molar-refractivity contribution in [3.05, 3.63) is 29.3 Å². The standard InChI is InChI=1S/C14H21NO2S/c1-14(2,3)11-5-6-12(17-4)10(9-11)7-8-15-13(16)18/h5-6,9H,7-8H2,1-4H3,(H2,15,16,18). The molecule has 1 amide bonds. The summed E-state index contributed by atoms with van der Waals surface area (Å²) in [4.78, 5) is 10.7. The Morgan fingerprint density at radius 3 is 2.56 bits per heavy atom. The zero-order chi connectivity index (χ0) is 13.8. The first-order chi connectivity index (χ1) is 8.34. The van der Waals surface area contributed by atoms with Crippen LogP contribution in [0.4, 0.5) is 4.79 Å². The molecule has 0 aliphatic rings. The highest BCUT2D eigenvalue weighted by molar-refractivity contribution is 7.96. The molecule has 0 saturated carbocycles. The molecule has 0 aliphatic heterocycles. The van der Waals surface area contributed by atoms with Crippen LogP contribution in [-0.2, 0) is 11.8 Å². The molecule has 0 unspecified atom stereocenters. The highest BCUT2D eigenvalue weighted by atomic mass is 32.1. The van der Waals surface area contributed by atoms with Gasteiger partial charge in [0.25, 0.3) is 5.24 Å². The number of hydrogen-bond acceptors (Lipinski definition) is 2. The molecule has 100 valence electrons. The number of methoxy groups -OCH3 is 1. The van der Waals surface area contributed by atoms with Crippen molar-refractivity contribution in [1.82, 2.24) is 5.32 Å². The SMILES string of the molecule is COc1ccc(C(C)(C)C)cc1CCNC(=O)S. The van der Waals surface area contributed by atoms with Gasteiger partial charge in [-0.05, 0) is 29.0 Å². The van der Waals surface area contributed by atoms with Gasteiger partial charge in [-0.3, -0.25) is 4.79 Å². The minimum absolute atomic E-state index is 0.105. The first-order valence-corrected chi connectivity index (χ1v) is 6.43. The summed E-state index contributed by atoms with van der Waals surface area (Å²) in [6, 6.07) is 6.21. The Hall–Kier alpha value is -1.16. The smallest absolute Gasteiger partial charge is 0.275 e. The Morgan fingerprint density at radius 2 is 2.06 bits per heavy atom. The van der Waals surface area contributed by atoms with Crippen LogP contribution in [0.3, 0.4) is 0 Å². The van der Waals surface area contributed by atoms with E-state index < -0.39 is 0 Å². The van der Waals surface area contributed by atoms with Crippen LogP contribution in [0.1, 0.15) is 31.9 Å². The Labute approximate surface area is 114 Å². The number of nitrogens with one attached hydrogen (secondary N) is 1. The normalized spacial score (nSPS) is 11.2. The van der Waals surface area contributed by atoms with Crippen LogP contribution >= 0.6 is 12.6 Å². The Balaban J connectivity index is 2.89. The molecule has 0 fully saturated rings. The fourth-order valence-corrected chi connectivity index (χ4v) is 1.86. The van der Waals surface area contributed by atoms with E-state index in [0.717, 1.165) is 17.7 Å². The number of carbonyl (C=O) groups is 1. The molecule has 1 aromatic carbocycles. The van der Waals surface area contributed by atoms with Gasteiger partial charge >= 0.3 is 0 Å². The van der Waals surface area contributed by atoms with Gasteiger partial charge in [-0.2, -0.15) is 0 Å². The summed E-state index contributed by atoms with van der Waals surface area (Å²) in [6.45, 7) is 7.09. The summed E-state index contributed by atoms with van der Waals surface area (Å²) in [7, 11) is 1.66. The van der Waals surface area contributed by atoms with E-state index in [2.05, 4.69) is 50.8 Å². The highest BCUT2D eigenvalue weighted by Gasteiger charge is 2.15. The van der Waals surface area contributed by atoms with Crippen LogP contribution in [0.2, 0.25) is 0 Å². The predicted octanol–water partition coefficient (Wildman–Crippen LogP) is 3.17. The fraction of sp³-hybridized carbons (Fsp3) is 0.500. The molecule has 0 atom stereocenters. The van der Waals surface area contributed by atoms with E-state index in [1.165, 1.54) is 5.56 Å².